The van der Waals surface area contributed by atoms with Crippen molar-refractivity contribution < 1.29 is 28.9 Å². The Kier molecular flexibility index (Phi) is 3.91. The number of H-pyrrole nitrogens is 1. The quantitative estimate of drug-likeness (QED) is 0.419. The maximum atomic E-state index is 13.9. The molecule has 0 spiro atoms. The predicted octanol–water partition coefficient (Wildman–Crippen LogP) is -2.31. The monoisotopic (exact) mass is 319 g/mol. The number of carbonyl (C=O) groups excluding carboxylic acids is 1. The molecule has 10 nitrogen and oxygen atoms in total. The minimum atomic E-state index is -4.46. The highest BCUT2D eigenvalue weighted by Gasteiger charge is 2.51. The highest BCUT2D eigenvalue weighted by Crippen LogP contribution is 2.25. The SMILES string of the molecule is Nc1nc2c(ncn2C(=O)C(F)(F)[C@H](O)[C@@H](O)CO)c(=O)[nH]1. The van der Waals surface area contributed by atoms with Crippen LogP contribution in [0.4, 0.5) is 14.7 Å². The van der Waals surface area contributed by atoms with Gasteiger partial charge in [0.2, 0.25) is 5.95 Å². The van der Waals surface area contributed by atoms with E-state index in [1.807, 2.05) is 0 Å². The van der Waals surface area contributed by atoms with Gasteiger partial charge in [-0.15, -0.1) is 0 Å². The second kappa shape index (κ2) is 5.40. The van der Waals surface area contributed by atoms with Crippen LogP contribution in [0.5, 0.6) is 0 Å². The van der Waals surface area contributed by atoms with E-state index in [1.165, 1.54) is 0 Å². The highest BCUT2D eigenvalue weighted by molar-refractivity contribution is 5.93. The van der Waals surface area contributed by atoms with E-state index < -0.39 is 53.3 Å². The molecular formula is C10H11F2N5O5. The summed E-state index contributed by atoms with van der Waals surface area (Å²) in [6.07, 6.45) is -4.49. The molecule has 0 saturated carbocycles. The zero-order valence-corrected chi connectivity index (χ0v) is 10.8. The summed E-state index contributed by atoms with van der Waals surface area (Å²) in [7, 11) is 0. The Morgan fingerprint density at radius 1 is 1.50 bits per heavy atom. The number of fused-ring (bicyclic) bond motifs is 1. The molecule has 22 heavy (non-hydrogen) atoms. The molecule has 0 radical (unpaired) electrons. The van der Waals surface area contributed by atoms with E-state index in [4.69, 9.17) is 15.9 Å². The summed E-state index contributed by atoms with van der Waals surface area (Å²) < 4.78 is 28.0. The fraction of sp³-hybridized carbons (Fsp3) is 0.400. The maximum Gasteiger partial charge on any atom is 0.353 e. The Labute approximate surface area is 119 Å². The van der Waals surface area contributed by atoms with Crippen molar-refractivity contribution in [2.24, 2.45) is 0 Å². The molecule has 2 atom stereocenters. The Morgan fingerprint density at radius 2 is 2.14 bits per heavy atom. The van der Waals surface area contributed by atoms with E-state index in [0.717, 1.165) is 0 Å². The van der Waals surface area contributed by atoms with Crippen molar-refractivity contribution in [2.45, 2.75) is 18.1 Å². The van der Waals surface area contributed by atoms with E-state index in [2.05, 4.69) is 15.0 Å². The Balaban J connectivity index is 2.52. The Hall–Kier alpha value is -2.44. The summed E-state index contributed by atoms with van der Waals surface area (Å²) in [4.78, 5) is 32.4. The Bertz CT molecular complexity index is 773. The zero-order chi connectivity index (χ0) is 16.7. The second-order valence-electron chi connectivity index (χ2n) is 4.36. The van der Waals surface area contributed by atoms with Gasteiger partial charge in [-0.05, 0) is 0 Å². The normalized spacial score (nSPS) is 15.0. The number of nitrogens with zero attached hydrogens (tertiary/aromatic N) is 3. The first-order valence-corrected chi connectivity index (χ1v) is 5.82. The maximum absolute atomic E-state index is 13.9. The van der Waals surface area contributed by atoms with E-state index in [9.17, 15) is 23.5 Å². The average molecular weight is 319 g/mol. The van der Waals surface area contributed by atoms with Gasteiger partial charge in [0.05, 0.1) is 6.61 Å². The standard InChI is InChI=1S/C10H11F2N5O5/c11-10(12,5(20)3(19)1-18)8(22)17-2-14-4-6(17)15-9(13)16-7(4)21/h2-3,5,18-20H,1H2,(H3,13,15,16,21)/t3-,5+/m0/s1. The molecule has 0 unspecified atom stereocenters. The summed E-state index contributed by atoms with van der Waals surface area (Å²) in [5.74, 6) is -6.88. The molecule has 2 aromatic heterocycles. The topological polar surface area (TPSA) is 167 Å². The molecule has 0 aliphatic heterocycles. The molecule has 2 heterocycles. The molecule has 0 bridgehead atoms. The third kappa shape index (κ3) is 2.43. The van der Waals surface area contributed by atoms with Crippen molar-refractivity contribution >= 4 is 23.0 Å². The number of hydrogen-bond donors (Lipinski definition) is 5. The van der Waals surface area contributed by atoms with Crippen molar-refractivity contribution in [2.75, 3.05) is 12.3 Å². The molecule has 0 fully saturated rings. The van der Waals surface area contributed by atoms with Gasteiger partial charge in [0.1, 0.15) is 12.4 Å². The third-order valence-electron chi connectivity index (χ3n) is 2.85. The van der Waals surface area contributed by atoms with Crippen LogP contribution in [0.2, 0.25) is 0 Å². The number of rotatable bonds is 4. The summed E-state index contributed by atoms with van der Waals surface area (Å²) in [6.45, 7) is -1.18. The van der Waals surface area contributed by atoms with Gasteiger partial charge >= 0.3 is 11.8 Å². The molecule has 0 saturated heterocycles. The molecule has 0 aliphatic carbocycles. The van der Waals surface area contributed by atoms with Crippen LogP contribution in [0.3, 0.4) is 0 Å². The number of nitrogen functional groups attached to an aromatic ring is 1. The number of alkyl halides is 2. The van der Waals surface area contributed by atoms with Gasteiger partial charge in [-0.1, -0.05) is 0 Å². The lowest BCUT2D eigenvalue weighted by Crippen LogP contribution is -2.51. The first kappa shape index (κ1) is 15.9. The van der Waals surface area contributed by atoms with E-state index in [1.54, 1.807) is 0 Å². The van der Waals surface area contributed by atoms with Gasteiger partial charge in [0.25, 0.3) is 5.56 Å². The number of anilines is 1. The molecule has 2 rings (SSSR count). The van der Waals surface area contributed by atoms with Gasteiger partial charge in [0, 0.05) is 0 Å². The fourth-order valence-electron chi connectivity index (χ4n) is 1.70. The van der Waals surface area contributed by atoms with Crippen LogP contribution >= 0.6 is 0 Å². The van der Waals surface area contributed by atoms with Gasteiger partial charge in [0.15, 0.2) is 17.3 Å². The van der Waals surface area contributed by atoms with Crippen LogP contribution in [-0.2, 0) is 0 Å². The number of imidazole rings is 1. The summed E-state index contributed by atoms with van der Waals surface area (Å²) in [6, 6.07) is 0. The van der Waals surface area contributed by atoms with Crippen LogP contribution in [0.25, 0.3) is 11.2 Å². The zero-order valence-electron chi connectivity index (χ0n) is 10.8. The van der Waals surface area contributed by atoms with Crippen molar-refractivity contribution in [3.8, 4) is 0 Å². The van der Waals surface area contributed by atoms with Crippen LogP contribution in [0.1, 0.15) is 4.79 Å². The van der Waals surface area contributed by atoms with Crippen molar-refractivity contribution in [3.63, 3.8) is 0 Å². The largest absolute Gasteiger partial charge is 0.394 e. The van der Waals surface area contributed by atoms with Crippen LogP contribution in [0.15, 0.2) is 11.1 Å². The molecule has 0 aromatic carbocycles. The van der Waals surface area contributed by atoms with Crippen molar-refractivity contribution in [3.05, 3.63) is 16.7 Å². The predicted molar refractivity (Wildman–Crippen MR) is 67.2 cm³/mol. The number of hydrogen-bond acceptors (Lipinski definition) is 8. The van der Waals surface area contributed by atoms with Gasteiger partial charge in [-0.2, -0.15) is 13.8 Å². The van der Waals surface area contributed by atoms with E-state index >= 15 is 0 Å². The molecule has 2 aromatic rings. The molecule has 6 N–H and O–H groups in total. The number of aromatic amines is 1. The minimum absolute atomic E-state index is 0.230. The first-order valence-electron chi connectivity index (χ1n) is 5.82. The van der Waals surface area contributed by atoms with E-state index in [0.29, 0.717) is 6.33 Å². The van der Waals surface area contributed by atoms with E-state index in [-0.39, 0.29) is 4.57 Å². The Morgan fingerprint density at radius 3 is 2.73 bits per heavy atom. The lowest BCUT2D eigenvalue weighted by Gasteiger charge is -2.24. The average Bonchev–Trinajstić information content (AvgIpc) is 2.88. The van der Waals surface area contributed by atoms with Crippen LogP contribution in [0, 0.1) is 0 Å². The lowest BCUT2D eigenvalue weighted by molar-refractivity contribution is -0.136. The van der Waals surface area contributed by atoms with Gasteiger partial charge in [-0.3, -0.25) is 14.6 Å². The molecule has 0 amide bonds. The number of aromatic nitrogens is 4. The minimum Gasteiger partial charge on any atom is -0.394 e. The molecule has 120 valence electrons. The molecule has 0 aliphatic rings. The number of halogens is 2. The highest BCUT2D eigenvalue weighted by atomic mass is 19.3. The van der Waals surface area contributed by atoms with Crippen LogP contribution in [-0.4, -0.2) is 65.5 Å². The number of nitrogens with two attached hydrogens (primary N) is 1. The third-order valence-corrected chi connectivity index (χ3v) is 2.85. The number of carbonyl (C=O) groups is 1. The van der Waals surface area contributed by atoms with Crippen molar-refractivity contribution in [1.82, 2.24) is 19.5 Å². The summed E-state index contributed by atoms with van der Waals surface area (Å²) in [5.41, 5.74) is 3.49. The smallest absolute Gasteiger partial charge is 0.353 e. The number of nitrogens with one attached hydrogen (secondary N) is 1. The van der Waals surface area contributed by atoms with Crippen LogP contribution < -0.4 is 11.3 Å². The molecule has 12 heteroatoms. The first-order chi connectivity index (χ1) is 10.2. The van der Waals surface area contributed by atoms with Crippen molar-refractivity contribution in [1.29, 1.82) is 0 Å². The summed E-state index contributed by atoms with van der Waals surface area (Å²) >= 11 is 0. The lowest BCUT2D eigenvalue weighted by atomic mass is 10.1. The number of aliphatic hydroxyl groups is 3. The number of aliphatic hydroxyl groups excluding tert-OH is 3. The summed E-state index contributed by atoms with van der Waals surface area (Å²) in [5, 5.41) is 26.9. The fourth-order valence-corrected chi connectivity index (χ4v) is 1.70. The second-order valence-corrected chi connectivity index (χ2v) is 4.36. The molecular weight excluding hydrogens is 308 g/mol. The van der Waals surface area contributed by atoms with Gasteiger partial charge in [-0.25, -0.2) is 9.55 Å². The van der Waals surface area contributed by atoms with Gasteiger partial charge < -0.3 is 21.1 Å².